The van der Waals surface area contributed by atoms with Crippen molar-refractivity contribution >= 4 is 40.8 Å². The highest BCUT2D eigenvalue weighted by Crippen LogP contribution is 2.22. The normalized spacial score (nSPS) is 12.2. The number of amides is 1. The summed E-state index contributed by atoms with van der Waals surface area (Å²) in [7, 11) is 0. The Morgan fingerprint density at radius 3 is 2.37 bits per heavy atom. The molecular weight excluding hydrogens is 289 g/mol. The van der Waals surface area contributed by atoms with Crippen LogP contribution < -0.4 is 5.32 Å². The average Bonchev–Trinajstić information content (AvgIpc) is 2.27. The Balaban J connectivity index is 2.66. The SMILES string of the molecule is C/C=C/C(=O)O[C@H](C)C(=O)Nc1cc(Cl)cc(Cl)c1. The van der Waals surface area contributed by atoms with Gasteiger partial charge in [0, 0.05) is 21.8 Å². The molecule has 0 aliphatic heterocycles. The van der Waals surface area contributed by atoms with E-state index in [1.807, 2.05) is 0 Å². The number of nitrogens with one attached hydrogen (secondary N) is 1. The third-order valence-electron chi connectivity index (χ3n) is 2.09. The van der Waals surface area contributed by atoms with Gasteiger partial charge in [-0.1, -0.05) is 29.3 Å². The number of esters is 1. The topological polar surface area (TPSA) is 55.4 Å². The van der Waals surface area contributed by atoms with E-state index in [0.29, 0.717) is 15.7 Å². The lowest BCUT2D eigenvalue weighted by molar-refractivity contribution is -0.148. The molecule has 1 atom stereocenters. The maximum absolute atomic E-state index is 11.8. The number of carbonyl (C=O) groups excluding carboxylic acids is 2. The van der Waals surface area contributed by atoms with Crippen molar-refractivity contribution < 1.29 is 14.3 Å². The quantitative estimate of drug-likeness (QED) is 0.684. The van der Waals surface area contributed by atoms with E-state index in [9.17, 15) is 9.59 Å². The van der Waals surface area contributed by atoms with Crippen LogP contribution in [0.5, 0.6) is 0 Å². The van der Waals surface area contributed by atoms with Crippen LogP contribution in [-0.2, 0) is 14.3 Å². The number of rotatable bonds is 4. The second-order valence-corrected chi connectivity index (χ2v) is 4.60. The van der Waals surface area contributed by atoms with E-state index >= 15 is 0 Å². The van der Waals surface area contributed by atoms with Gasteiger partial charge in [-0.3, -0.25) is 4.79 Å². The van der Waals surface area contributed by atoms with Crippen molar-refractivity contribution in [1.29, 1.82) is 0 Å². The molecule has 0 saturated carbocycles. The van der Waals surface area contributed by atoms with Gasteiger partial charge in [-0.15, -0.1) is 0 Å². The van der Waals surface area contributed by atoms with Gasteiger partial charge in [-0.25, -0.2) is 4.79 Å². The number of allylic oxidation sites excluding steroid dienone is 1. The maximum Gasteiger partial charge on any atom is 0.331 e. The molecule has 4 nitrogen and oxygen atoms in total. The minimum atomic E-state index is -0.915. The summed E-state index contributed by atoms with van der Waals surface area (Å²) in [5, 5.41) is 3.37. The van der Waals surface area contributed by atoms with Crippen LogP contribution in [-0.4, -0.2) is 18.0 Å². The molecular formula is C13H13Cl2NO3. The molecule has 0 fully saturated rings. The van der Waals surface area contributed by atoms with Gasteiger partial charge in [0.15, 0.2) is 6.10 Å². The van der Waals surface area contributed by atoms with Crippen molar-refractivity contribution in [2.24, 2.45) is 0 Å². The lowest BCUT2D eigenvalue weighted by atomic mass is 10.3. The zero-order valence-corrected chi connectivity index (χ0v) is 12.0. The van der Waals surface area contributed by atoms with E-state index in [2.05, 4.69) is 5.32 Å². The third kappa shape index (κ3) is 5.32. The lowest BCUT2D eigenvalue weighted by Crippen LogP contribution is -2.29. The van der Waals surface area contributed by atoms with Crippen LogP contribution in [0.2, 0.25) is 10.0 Å². The van der Waals surface area contributed by atoms with Crippen LogP contribution in [0.4, 0.5) is 5.69 Å². The minimum Gasteiger partial charge on any atom is -0.449 e. The van der Waals surface area contributed by atoms with Crippen LogP contribution in [0, 0.1) is 0 Å². The molecule has 0 spiro atoms. The Labute approximate surface area is 121 Å². The number of anilines is 1. The number of hydrogen-bond donors (Lipinski definition) is 1. The first-order chi connectivity index (χ1) is 8.92. The summed E-state index contributed by atoms with van der Waals surface area (Å²) in [6.45, 7) is 3.16. The van der Waals surface area contributed by atoms with Gasteiger partial charge < -0.3 is 10.1 Å². The summed E-state index contributed by atoms with van der Waals surface area (Å²) in [5.41, 5.74) is 0.441. The fourth-order valence-corrected chi connectivity index (χ4v) is 1.80. The zero-order chi connectivity index (χ0) is 14.4. The maximum atomic E-state index is 11.8. The van der Waals surface area contributed by atoms with E-state index in [1.165, 1.54) is 19.1 Å². The number of hydrogen-bond acceptors (Lipinski definition) is 3. The van der Waals surface area contributed by atoms with E-state index in [-0.39, 0.29) is 0 Å². The molecule has 1 amide bonds. The Hall–Kier alpha value is -1.52. The number of benzene rings is 1. The molecule has 102 valence electrons. The highest BCUT2D eigenvalue weighted by Gasteiger charge is 2.16. The van der Waals surface area contributed by atoms with Gasteiger partial charge in [0.1, 0.15) is 0 Å². The molecule has 0 aliphatic carbocycles. The molecule has 0 aromatic heterocycles. The summed E-state index contributed by atoms with van der Waals surface area (Å²) >= 11 is 11.6. The second-order valence-electron chi connectivity index (χ2n) is 3.73. The Morgan fingerprint density at radius 2 is 1.84 bits per heavy atom. The van der Waals surface area contributed by atoms with Crippen LogP contribution in [0.1, 0.15) is 13.8 Å². The van der Waals surface area contributed by atoms with Crippen molar-refractivity contribution in [3.8, 4) is 0 Å². The first kappa shape index (κ1) is 15.5. The predicted octanol–water partition coefficient (Wildman–Crippen LogP) is 3.44. The summed E-state index contributed by atoms with van der Waals surface area (Å²) < 4.78 is 4.88. The molecule has 19 heavy (non-hydrogen) atoms. The van der Waals surface area contributed by atoms with Gasteiger partial charge in [0.05, 0.1) is 0 Å². The molecule has 1 rings (SSSR count). The molecule has 0 saturated heterocycles. The van der Waals surface area contributed by atoms with Crippen LogP contribution >= 0.6 is 23.2 Å². The Morgan fingerprint density at radius 1 is 1.26 bits per heavy atom. The number of carbonyl (C=O) groups is 2. The van der Waals surface area contributed by atoms with Gasteiger partial charge in [-0.05, 0) is 32.0 Å². The number of halogens is 2. The number of ether oxygens (including phenoxy) is 1. The molecule has 0 bridgehead atoms. The average molecular weight is 302 g/mol. The van der Waals surface area contributed by atoms with E-state index in [0.717, 1.165) is 0 Å². The monoisotopic (exact) mass is 301 g/mol. The van der Waals surface area contributed by atoms with Crippen molar-refractivity contribution in [1.82, 2.24) is 0 Å². The summed E-state index contributed by atoms with van der Waals surface area (Å²) in [4.78, 5) is 23.0. The molecule has 0 aliphatic rings. The van der Waals surface area contributed by atoms with Crippen molar-refractivity contribution in [2.75, 3.05) is 5.32 Å². The van der Waals surface area contributed by atoms with Crippen molar-refractivity contribution in [3.05, 3.63) is 40.4 Å². The standard InChI is InChI=1S/C13H13Cl2NO3/c1-3-4-12(17)19-8(2)13(18)16-11-6-9(14)5-10(15)7-11/h3-8H,1-2H3,(H,16,18)/b4-3+/t8-/m1/s1. The summed E-state index contributed by atoms with van der Waals surface area (Å²) in [5.74, 6) is -1.04. The summed E-state index contributed by atoms with van der Waals surface area (Å²) in [6.07, 6.45) is 1.85. The Bertz CT molecular complexity index is 494. The largest absolute Gasteiger partial charge is 0.449 e. The predicted molar refractivity (Wildman–Crippen MR) is 75.5 cm³/mol. The third-order valence-corrected chi connectivity index (χ3v) is 2.53. The first-order valence-corrected chi connectivity index (χ1v) is 6.28. The van der Waals surface area contributed by atoms with Gasteiger partial charge in [0.2, 0.25) is 0 Å². The molecule has 1 aromatic rings. The molecule has 1 N–H and O–H groups in total. The molecule has 0 heterocycles. The van der Waals surface area contributed by atoms with Crippen molar-refractivity contribution in [2.45, 2.75) is 20.0 Å². The van der Waals surface area contributed by atoms with Gasteiger partial charge in [0.25, 0.3) is 5.91 Å². The molecule has 0 unspecified atom stereocenters. The highest BCUT2D eigenvalue weighted by molar-refractivity contribution is 6.35. The van der Waals surface area contributed by atoms with Crippen LogP contribution in [0.15, 0.2) is 30.4 Å². The van der Waals surface area contributed by atoms with Crippen LogP contribution in [0.3, 0.4) is 0 Å². The van der Waals surface area contributed by atoms with E-state index < -0.39 is 18.0 Å². The highest BCUT2D eigenvalue weighted by atomic mass is 35.5. The fourth-order valence-electron chi connectivity index (χ4n) is 1.27. The summed E-state index contributed by atoms with van der Waals surface area (Å²) in [6, 6.07) is 4.64. The minimum absolute atomic E-state index is 0.404. The van der Waals surface area contributed by atoms with E-state index in [4.69, 9.17) is 27.9 Å². The zero-order valence-electron chi connectivity index (χ0n) is 10.4. The smallest absolute Gasteiger partial charge is 0.331 e. The van der Waals surface area contributed by atoms with Crippen molar-refractivity contribution in [3.63, 3.8) is 0 Å². The Kier molecular flexibility index (Phi) is 5.86. The fraction of sp³-hybridized carbons (Fsp3) is 0.231. The molecule has 0 radical (unpaired) electrons. The second kappa shape index (κ2) is 7.16. The van der Waals surface area contributed by atoms with E-state index in [1.54, 1.807) is 25.1 Å². The van der Waals surface area contributed by atoms with Gasteiger partial charge in [-0.2, -0.15) is 0 Å². The lowest BCUT2D eigenvalue weighted by Gasteiger charge is -2.12. The van der Waals surface area contributed by atoms with Gasteiger partial charge >= 0.3 is 5.97 Å². The molecule has 6 heteroatoms. The first-order valence-electron chi connectivity index (χ1n) is 5.52. The molecule has 1 aromatic carbocycles. The van der Waals surface area contributed by atoms with Crippen LogP contribution in [0.25, 0.3) is 0 Å².